The molecule has 0 N–H and O–H groups in total. The third kappa shape index (κ3) is 3.37. The molecule has 0 bridgehead atoms. The Bertz CT molecular complexity index is 567. The Morgan fingerprint density at radius 1 is 1.00 bits per heavy atom. The zero-order valence-electron chi connectivity index (χ0n) is 9.71. The molecule has 94 valence electrons. The number of hydrogen-bond donors (Lipinski definition) is 0. The van der Waals surface area contributed by atoms with Crippen LogP contribution in [0.25, 0.3) is 0 Å². The van der Waals surface area contributed by atoms with Gasteiger partial charge in [-0.2, -0.15) is 0 Å². The molecule has 0 radical (unpaired) electrons. The first-order chi connectivity index (χ1) is 8.60. The lowest BCUT2D eigenvalue weighted by atomic mass is 10.2. The second kappa shape index (κ2) is 6.22. The van der Waals surface area contributed by atoms with Crippen LogP contribution in [0.5, 0.6) is 11.5 Å². The first kappa shape index (κ1) is 14.1. The summed E-state index contributed by atoms with van der Waals surface area (Å²) in [4.78, 5) is 0. The van der Waals surface area contributed by atoms with Gasteiger partial charge in [0.25, 0.3) is 0 Å². The van der Waals surface area contributed by atoms with Crippen molar-refractivity contribution < 1.29 is 4.74 Å². The van der Waals surface area contributed by atoms with E-state index >= 15 is 0 Å². The lowest BCUT2D eigenvalue weighted by Crippen LogP contribution is -1.89. The highest BCUT2D eigenvalue weighted by Gasteiger charge is 2.06. The van der Waals surface area contributed by atoms with Crippen molar-refractivity contribution in [1.82, 2.24) is 0 Å². The zero-order valence-corrected chi connectivity index (χ0v) is 14.5. The van der Waals surface area contributed by atoms with Crippen molar-refractivity contribution in [3.8, 4) is 11.5 Å². The number of ether oxygens (including phenoxy) is 1. The maximum atomic E-state index is 5.93. The second-order valence-electron chi connectivity index (χ2n) is 3.91. The summed E-state index contributed by atoms with van der Waals surface area (Å²) in [6.45, 7) is 2.03. The Hall–Kier alpha value is -0.320. The molecule has 1 nitrogen and oxygen atoms in total. The van der Waals surface area contributed by atoms with Gasteiger partial charge in [0, 0.05) is 9.80 Å². The molecule has 4 heteroatoms. The van der Waals surface area contributed by atoms with Crippen molar-refractivity contribution in [3.63, 3.8) is 0 Å². The molecule has 0 saturated heterocycles. The molecule has 0 fully saturated rings. The van der Waals surface area contributed by atoms with Crippen LogP contribution in [0.4, 0.5) is 0 Å². The first-order valence-electron chi connectivity index (χ1n) is 5.38. The van der Waals surface area contributed by atoms with Gasteiger partial charge in [-0.25, -0.2) is 0 Å². The fourth-order valence-electron chi connectivity index (χ4n) is 1.51. The van der Waals surface area contributed by atoms with Crippen molar-refractivity contribution in [3.05, 3.63) is 56.5 Å². The number of hydrogen-bond acceptors (Lipinski definition) is 1. The Kier molecular flexibility index (Phi) is 4.87. The van der Waals surface area contributed by atoms with E-state index in [0.29, 0.717) is 0 Å². The topological polar surface area (TPSA) is 9.23 Å². The normalized spacial score (nSPS) is 10.4. The van der Waals surface area contributed by atoms with Crippen LogP contribution in [0.3, 0.4) is 0 Å². The quantitative estimate of drug-likeness (QED) is 0.522. The van der Waals surface area contributed by atoms with E-state index in [0.717, 1.165) is 31.3 Å². The van der Waals surface area contributed by atoms with Crippen LogP contribution in [0.15, 0.2) is 45.3 Å². The lowest BCUT2D eigenvalue weighted by molar-refractivity contribution is 0.475. The number of rotatable bonds is 3. The minimum Gasteiger partial charge on any atom is -0.456 e. The maximum absolute atomic E-state index is 5.93. The number of benzene rings is 2. The fraction of sp³-hybridized carbons (Fsp3) is 0.143. The molecular formula is C14H11Br3O. The molecule has 0 aliphatic heterocycles. The molecule has 18 heavy (non-hydrogen) atoms. The van der Waals surface area contributed by atoms with Gasteiger partial charge in [0.05, 0.1) is 4.47 Å². The highest BCUT2D eigenvalue weighted by Crippen LogP contribution is 2.33. The van der Waals surface area contributed by atoms with Crippen LogP contribution in [0.1, 0.15) is 11.1 Å². The minimum atomic E-state index is 0.820. The summed E-state index contributed by atoms with van der Waals surface area (Å²) in [5, 5.41) is 0.835. The Morgan fingerprint density at radius 2 is 1.78 bits per heavy atom. The highest BCUT2D eigenvalue weighted by atomic mass is 79.9. The summed E-state index contributed by atoms with van der Waals surface area (Å²) in [6, 6.07) is 12.1. The molecule has 2 rings (SSSR count). The molecule has 2 aromatic carbocycles. The van der Waals surface area contributed by atoms with E-state index in [-0.39, 0.29) is 0 Å². The van der Waals surface area contributed by atoms with Gasteiger partial charge in [-0.05, 0) is 58.2 Å². The predicted octanol–water partition coefficient (Wildman–Crippen LogP) is 6.21. The van der Waals surface area contributed by atoms with Gasteiger partial charge in [0.2, 0.25) is 0 Å². The van der Waals surface area contributed by atoms with Crippen LogP contribution in [0, 0.1) is 6.92 Å². The SMILES string of the molecule is Cc1ccc(Br)cc1Oc1ccc(CBr)cc1Br. The van der Waals surface area contributed by atoms with Gasteiger partial charge >= 0.3 is 0 Å². The number of alkyl halides is 1. The molecule has 0 amide bonds. The molecular weight excluding hydrogens is 424 g/mol. The van der Waals surface area contributed by atoms with Crippen LogP contribution in [-0.4, -0.2) is 0 Å². The fourth-order valence-corrected chi connectivity index (χ4v) is 2.71. The van der Waals surface area contributed by atoms with E-state index in [2.05, 4.69) is 53.9 Å². The van der Waals surface area contributed by atoms with Crippen molar-refractivity contribution >= 4 is 47.8 Å². The van der Waals surface area contributed by atoms with Gasteiger partial charge < -0.3 is 4.74 Å². The summed E-state index contributed by atoms with van der Waals surface area (Å²) in [6.07, 6.45) is 0. The number of aryl methyl sites for hydroxylation is 1. The smallest absolute Gasteiger partial charge is 0.141 e. The van der Waals surface area contributed by atoms with Gasteiger partial charge in [0.1, 0.15) is 11.5 Å². The van der Waals surface area contributed by atoms with Gasteiger partial charge in [-0.15, -0.1) is 0 Å². The Labute approximate surface area is 132 Å². The third-order valence-corrected chi connectivity index (χ3v) is 4.28. The van der Waals surface area contributed by atoms with E-state index < -0.39 is 0 Å². The number of halogens is 3. The molecule has 2 aromatic rings. The summed E-state index contributed by atoms with van der Waals surface area (Å²) in [5.74, 6) is 1.68. The maximum Gasteiger partial charge on any atom is 0.141 e. The average molecular weight is 435 g/mol. The highest BCUT2D eigenvalue weighted by molar-refractivity contribution is 9.11. The zero-order chi connectivity index (χ0) is 13.1. The largest absolute Gasteiger partial charge is 0.456 e. The van der Waals surface area contributed by atoms with Crippen molar-refractivity contribution in [1.29, 1.82) is 0 Å². The van der Waals surface area contributed by atoms with Crippen molar-refractivity contribution in [2.75, 3.05) is 0 Å². The van der Waals surface area contributed by atoms with Gasteiger partial charge in [0.15, 0.2) is 0 Å². The summed E-state index contributed by atoms with van der Waals surface area (Å²) in [7, 11) is 0. The molecule has 0 aliphatic carbocycles. The van der Waals surface area contributed by atoms with E-state index in [9.17, 15) is 0 Å². The van der Waals surface area contributed by atoms with Crippen LogP contribution in [0.2, 0.25) is 0 Å². The van der Waals surface area contributed by atoms with E-state index in [4.69, 9.17) is 4.74 Å². The van der Waals surface area contributed by atoms with Crippen molar-refractivity contribution in [2.45, 2.75) is 12.3 Å². The molecule has 0 unspecified atom stereocenters. The lowest BCUT2D eigenvalue weighted by Gasteiger charge is -2.11. The standard InChI is InChI=1S/C14H11Br3O/c1-9-2-4-11(16)7-14(9)18-13-5-3-10(8-15)6-12(13)17/h2-7H,8H2,1H3. The molecule has 0 aromatic heterocycles. The van der Waals surface area contributed by atoms with E-state index in [1.54, 1.807) is 0 Å². The molecule has 0 saturated carbocycles. The third-order valence-electron chi connectivity index (χ3n) is 2.52. The molecule has 0 spiro atoms. The predicted molar refractivity (Wildman–Crippen MR) is 85.7 cm³/mol. The molecule has 0 heterocycles. The minimum absolute atomic E-state index is 0.820. The van der Waals surface area contributed by atoms with Crippen LogP contribution >= 0.6 is 47.8 Å². The summed E-state index contributed by atoms with van der Waals surface area (Å²) in [5.41, 5.74) is 2.31. The Balaban J connectivity index is 2.31. The second-order valence-corrected chi connectivity index (χ2v) is 6.24. The monoisotopic (exact) mass is 432 g/mol. The van der Waals surface area contributed by atoms with Crippen molar-refractivity contribution in [2.24, 2.45) is 0 Å². The van der Waals surface area contributed by atoms with Crippen LogP contribution in [-0.2, 0) is 5.33 Å². The summed E-state index contributed by atoms with van der Waals surface area (Å²) >= 11 is 10.4. The van der Waals surface area contributed by atoms with Gasteiger partial charge in [-0.3, -0.25) is 0 Å². The Morgan fingerprint density at radius 3 is 2.44 bits per heavy atom. The molecule has 0 aliphatic rings. The first-order valence-corrected chi connectivity index (χ1v) is 8.09. The van der Waals surface area contributed by atoms with E-state index in [1.807, 2.05) is 37.3 Å². The summed E-state index contributed by atoms with van der Waals surface area (Å²) < 4.78 is 7.90. The molecule has 0 atom stereocenters. The van der Waals surface area contributed by atoms with Gasteiger partial charge in [-0.1, -0.05) is 44.0 Å². The van der Waals surface area contributed by atoms with Crippen LogP contribution < -0.4 is 4.74 Å². The average Bonchev–Trinajstić information content (AvgIpc) is 2.36. The van der Waals surface area contributed by atoms with E-state index in [1.165, 1.54) is 5.56 Å².